The molecule has 0 amide bonds. The zero-order valence-electron chi connectivity index (χ0n) is 32.1. The Morgan fingerprint density at radius 3 is 1.67 bits per heavy atom. The third-order valence-corrected chi connectivity index (χ3v) is 10.7. The summed E-state index contributed by atoms with van der Waals surface area (Å²) in [6, 6.07) is 31.2. The summed E-state index contributed by atoms with van der Waals surface area (Å²) in [5.41, 5.74) is 4.60. The fraction of sp³-hybridized carbons (Fsp3) is 0.435. The van der Waals surface area contributed by atoms with Gasteiger partial charge in [0.2, 0.25) is 0 Å². The number of benzene rings is 4. The van der Waals surface area contributed by atoms with Gasteiger partial charge in [-0.25, -0.2) is 9.59 Å². The maximum absolute atomic E-state index is 13.2. The summed E-state index contributed by atoms with van der Waals surface area (Å²) in [5, 5.41) is 0. The predicted molar refractivity (Wildman–Crippen MR) is 206 cm³/mol. The van der Waals surface area contributed by atoms with Crippen LogP contribution in [0.2, 0.25) is 0 Å². The molecular formula is C46H56O5. The molecule has 0 bridgehead atoms. The van der Waals surface area contributed by atoms with Crippen LogP contribution in [-0.4, -0.2) is 17.5 Å². The Balaban J connectivity index is 1.27. The predicted octanol–water partition coefficient (Wildman–Crippen LogP) is 12.3. The quantitative estimate of drug-likeness (QED) is 0.109. The van der Waals surface area contributed by atoms with Crippen molar-refractivity contribution < 1.29 is 23.8 Å². The van der Waals surface area contributed by atoms with Gasteiger partial charge in [-0.3, -0.25) is 0 Å². The fourth-order valence-electron chi connectivity index (χ4n) is 8.03. The minimum atomic E-state index is -0.522. The van der Waals surface area contributed by atoms with Crippen molar-refractivity contribution >= 4 is 11.9 Å². The maximum atomic E-state index is 13.2. The summed E-state index contributed by atoms with van der Waals surface area (Å²) < 4.78 is 17.4. The summed E-state index contributed by atoms with van der Waals surface area (Å²) >= 11 is 0. The average Bonchev–Trinajstić information content (AvgIpc) is 3.08. The third-order valence-electron chi connectivity index (χ3n) is 10.7. The van der Waals surface area contributed by atoms with Gasteiger partial charge in [-0.2, -0.15) is 0 Å². The standard InChI is InChI=1S/C46H56O5/c1-10-28-44(6,7)35-16-18-36(19-17-35)46(30-32(3)29-43(4,5)31-46)37-20-26-40(27-21-37)50-41(47)33-12-22-38(23-13-33)49-39-24-14-34(15-25-39)42(48)51-45(8,9)11-2/h12-27,32H,10-11,28-31H2,1-9H3. The molecule has 0 spiro atoms. The molecule has 51 heavy (non-hydrogen) atoms. The van der Waals surface area contributed by atoms with E-state index in [1.807, 2.05) is 32.9 Å². The molecule has 4 aromatic carbocycles. The highest BCUT2D eigenvalue weighted by Crippen LogP contribution is 2.54. The molecule has 0 saturated heterocycles. The molecule has 2 atom stereocenters. The van der Waals surface area contributed by atoms with E-state index in [0.29, 0.717) is 34.3 Å². The van der Waals surface area contributed by atoms with Gasteiger partial charge in [0.1, 0.15) is 22.8 Å². The molecule has 5 nitrogen and oxygen atoms in total. The highest BCUT2D eigenvalue weighted by atomic mass is 16.6. The van der Waals surface area contributed by atoms with Crippen LogP contribution in [0.5, 0.6) is 17.2 Å². The second-order valence-corrected chi connectivity index (χ2v) is 16.7. The van der Waals surface area contributed by atoms with Crippen molar-refractivity contribution in [2.75, 3.05) is 0 Å². The Morgan fingerprint density at radius 1 is 0.686 bits per heavy atom. The van der Waals surface area contributed by atoms with Crippen LogP contribution in [0.15, 0.2) is 97.1 Å². The van der Waals surface area contributed by atoms with Gasteiger partial charge in [0, 0.05) is 5.41 Å². The molecule has 270 valence electrons. The van der Waals surface area contributed by atoms with Gasteiger partial charge >= 0.3 is 11.9 Å². The highest BCUT2D eigenvalue weighted by molar-refractivity contribution is 5.91. The first kappa shape index (κ1) is 37.9. The number of carbonyl (C=O) groups is 2. The topological polar surface area (TPSA) is 61.8 Å². The minimum Gasteiger partial charge on any atom is -0.457 e. The molecule has 1 saturated carbocycles. The van der Waals surface area contributed by atoms with Gasteiger partial charge in [-0.1, -0.05) is 91.3 Å². The smallest absolute Gasteiger partial charge is 0.343 e. The molecule has 0 aliphatic heterocycles. The number of esters is 2. The van der Waals surface area contributed by atoms with Crippen LogP contribution in [0.1, 0.15) is 138 Å². The van der Waals surface area contributed by atoms with Gasteiger partial charge in [-0.05, 0) is 140 Å². The summed E-state index contributed by atoms with van der Waals surface area (Å²) in [6.07, 6.45) is 6.39. The number of hydrogen-bond donors (Lipinski definition) is 0. The molecule has 1 aliphatic carbocycles. The Kier molecular flexibility index (Phi) is 11.2. The Labute approximate surface area is 305 Å². The van der Waals surface area contributed by atoms with Crippen molar-refractivity contribution in [2.24, 2.45) is 11.3 Å². The minimum absolute atomic E-state index is 0.122. The first-order valence-electron chi connectivity index (χ1n) is 18.6. The molecule has 5 heteroatoms. The summed E-state index contributed by atoms with van der Waals surface area (Å²) in [7, 11) is 0. The van der Waals surface area contributed by atoms with Crippen LogP contribution in [0.25, 0.3) is 0 Å². The monoisotopic (exact) mass is 688 g/mol. The lowest BCUT2D eigenvalue weighted by Gasteiger charge is -2.49. The number of ether oxygens (including phenoxy) is 3. The van der Waals surface area contributed by atoms with Crippen molar-refractivity contribution in [3.63, 3.8) is 0 Å². The number of rotatable bonds is 12. The van der Waals surface area contributed by atoms with E-state index in [-0.39, 0.29) is 22.2 Å². The Morgan fingerprint density at radius 2 is 1.18 bits per heavy atom. The van der Waals surface area contributed by atoms with Crippen molar-refractivity contribution in [2.45, 2.75) is 117 Å². The van der Waals surface area contributed by atoms with Crippen LogP contribution in [0.3, 0.4) is 0 Å². The van der Waals surface area contributed by atoms with Gasteiger partial charge < -0.3 is 14.2 Å². The number of hydrogen-bond acceptors (Lipinski definition) is 5. The highest BCUT2D eigenvalue weighted by Gasteiger charge is 2.45. The molecule has 0 aromatic heterocycles. The molecule has 1 fully saturated rings. The summed E-state index contributed by atoms with van der Waals surface area (Å²) in [6.45, 7) is 19.9. The SMILES string of the molecule is CCCC(C)(C)c1ccc(C2(c3ccc(OC(=O)c4ccc(Oc5ccc(C(=O)OC(C)(C)CC)cc5)cc4)cc3)CC(C)CC(C)(C)C2)cc1. The van der Waals surface area contributed by atoms with Crippen LogP contribution in [-0.2, 0) is 15.6 Å². The molecular weight excluding hydrogens is 633 g/mol. The van der Waals surface area contributed by atoms with Gasteiger partial charge in [-0.15, -0.1) is 0 Å². The molecule has 0 heterocycles. The van der Waals surface area contributed by atoms with E-state index in [9.17, 15) is 9.59 Å². The molecule has 1 aliphatic rings. The lowest BCUT2D eigenvalue weighted by molar-refractivity contribution is -0.00245. The average molecular weight is 689 g/mol. The lowest BCUT2D eigenvalue weighted by Crippen LogP contribution is -2.41. The van der Waals surface area contributed by atoms with Crippen LogP contribution >= 0.6 is 0 Å². The summed E-state index contributed by atoms with van der Waals surface area (Å²) in [5.74, 6) is 1.43. The van der Waals surface area contributed by atoms with Gasteiger partial charge in [0.05, 0.1) is 11.1 Å². The zero-order chi connectivity index (χ0) is 37.0. The van der Waals surface area contributed by atoms with Gasteiger partial charge in [0.25, 0.3) is 0 Å². The fourth-order valence-corrected chi connectivity index (χ4v) is 8.03. The lowest BCUT2D eigenvalue weighted by atomic mass is 9.55. The second kappa shape index (κ2) is 15.1. The third kappa shape index (κ3) is 9.11. The normalized spacial score (nSPS) is 18.9. The van der Waals surface area contributed by atoms with E-state index in [2.05, 4.69) is 77.9 Å². The molecule has 5 rings (SSSR count). The number of carbonyl (C=O) groups excluding carboxylic acids is 2. The van der Waals surface area contributed by atoms with Crippen LogP contribution in [0, 0.1) is 11.3 Å². The van der Waals surface area contributed by atoms with Crippen molar-refractivity contribution in [1.29, 1.82) is 0 Å². The van der Waals surface area contributed by atoms with Gasteiger partial charge in [0.15, 0.2) is 0 Å². The molecule has 2 unspecified atom stereocenters. The first-order chi connectivity index (χ1) is 24.0. The molecule has 4 aromatic rings. The molecule has 0 N–H and O–H groups in total. The largest absolute Gasteiger partial charge is 0.457 e. The summed E-state index contributed by atoms with van der Waals surface area (Å²) in [4.78, 5) is 25.6. The van der Waals surface area contributed by atoms with Crippen LogP contribution < -0.4 is 9.47 Å². The van der Waals surface area contributed by atoms with E-state index in [0.717, 1.165) is 32.1 Å². The van der Waals surface area contributed by atoms with Crippen molar-refractivity contribution in [1.82, 2.24) is 0 Å². The van der Waals surface area contributed by atoms with Crippen molar-refractivity contribution in [3.8, 4) is 17.2 Å². The van der Waals surface area contributed by atoms with E-state index in [1.165, 1.54) is 23.1 Å². The molecule has 0 radical (unpaired) electrons. The first-order valence-corrected chi connectivity index (χ1v) is 18.6. The van der Waals surface area contributed by atoms with Crippen molar-refractivity contribution in [3.05, 3.63) is 125 Å². The van der Waals surface area contributed by atoms with E-state index >= 15 is 0 Å². The van der Waals surface area contributed by atoms with E-state index in [1.54, 1.807) is 48.5 Å². The van der Waals surface area contributed by atoms with Crippen LogP contribution in [0.4, 0.5) is 0 Å². The van der Waals surface area contributed by atoms with E-state index in [4.69, 9.17) is 14.2 Å². The Hall–Kier alpha value is -4.38. The second-order valence-electron chi connectivity index (χ2n) is 16.7. The maximum Gasteiger partial charge on any atom is 0.343 e. The zero-order valence-corrected chi connectivity index (χ0v) is 32.1. The van der Waals surface area contributed by atoms with E-state index < -0.39 is 11.6 Å². The Bertz CT molecular complexity index is 1780.